The van der Waals surface area contributed by atoms with Crippen molar-refractivity contribution in [3.8, 4) is 0 Å². The summed E-state index contributed by atoms with van der Waals surface area (Å²) < 4.78 is 5.23. The Balaban J connectivity index is 2.21. The first-order valence-electron chi connectivity index (χ1n) is 8.03. The van der Waals surface area contributed by atoms with Gasteiger partial charge >= 0.3 is 6.09 Å². The molecule has 1 aliphatic carbocycles. The van der Waals surface area contributed by atoms with Crippen LogP contribution in [0.5, 0.6) is 0 Å². The summed E-state index contributed by atoms with van der Waals surface area (Å²) in [7, 11) is 0. The number of rotatable bonds is 5. The van der Waals surface area contributed by atoms with Gasteiger partial charge in [0.2, 0.25) is 0 Å². The number of hydrogen-bond donors (Lipinski definition) is 2. The second kappa shape index (κ2) is 7.83. The van der Waals surface area contributed by atoms with Crippen LogP contribution in [0, 0.1) is 11.8 Å². The van der Waals surface area contributed by atoms with Crippen LogP contribution in [-0.2, 0) is 4.74 Å². The highest BCUT2D eigenvalue weighted by Crippen LogP contribution is 2.27. The van der Waals surface area contributed by atoms with Crippen LogP contribution in [0.25, 0.3) is 0 Å². The van der Waals surface area contributed by atoms with Crippen molar-refractivity contribution in [3.63, 3.8) is 0 Å². The number of carbonyl (C=O) groups is 1. The van der Waals surface area contributed by atoms with Crippen molar-refractivity contribution in [3.05, 3.63) is 11.6 Å². The number of ether oxygens (including phenoxy) is 1. The molecule has 1 aliphatic rings. The Bertz CT molecular complexity index is 371. The lowest BCUT2D eigenvalue weighted by atomic mass is 9.83. The number of nitrogens with one attached hydrogen (secondary N) is 2. The van der Waals surface area contributed by atoms with Gasteiger partial charge in [0.25, 0.3) is 0 Å². The number of alkyl carbamates (subject to hydrolysis) is 1. The smallest absolute Gasteiger partial charge is 0.407 e. The summed E-state index contributed by atoms with van der Waals surface area (Å²) in [5.74, 6) is 1.38. The Kier molecular flexibility index (Phi) is 6.72. The van der Waals surface area contributed by atoms with Crippen molar-refractivity contribution < 1.29 is 9.53 Å². The average Bonchev–Trinajstić information content (AvgIpc) is 2.30. The van der Waals surface area contributed by atoms with Gasteiger partial charge in [0, 0.05) is 12.6 Å². The fourth-order valence-electron chi connectivity index (χ4n) is 2.83. The highest BCUT2D eigenvalue weighted by atomic mass is 16.6. The molecule has 0 fully saturated rings. The molecule has 1 amide bonds. The third-order valence-electron chi connectivity index (χ3n) is 3.59. The molecule has 0 aromatic heterocycles. The number of carbonyl (C=O) groups excluding carboxylic acids is 1. The Labute approximate surface area is 129 Å². The van der Waals surface area contributed by atoms with E-state index in [1.165, 1.54) is 18.4 Å². The zero-order chi connectivity index (χ0) is 16.0. The van der Waals surface area contributed by atoms with Gasteiger partial charge in [-0.1, -0.05) is 18.6 Å². The second-order valence-corrected chi connectivity index (χ2v) is 7.49. The molecule has 3 atom stereocenters. The summed E-state index contributed by atoms with van der Waals surface area (Å²) >= 11 is 0. The second-order valence-electron chi connectivity index (χ2n) is 7.49. The van der Waals surface area contributed by atoms with Crippen LogP contribution in [0.4, 0.5) is 4.79 Å². The minimum absolute atomic E-state index is 0.249. The van der Waals surface area contributed by atoms with E-state index in [0.29, 0.717) is 18.4 Å². The van der Waals surface area contributed by atoms with Crippen molar-refractivity contribution in [2.75, 3.05) is 13.1 Å². The predicted molar refractivity (Wildman–Crippen MR) is 87.3 cm³/mol. The van der Waals surface area contributed by atoms with E-state index in [9.17, 15) is 4.79 Å². The average molecular weight is 296 g/mol. The fourth-order valence-corrected chi connectivity index (χ4v) is 2.83. The minimum Gasteiger partial charge on any atom is -0.444 e. The Hall–Kier alpha value is -1.03. The van der Waals surface area contributed by atoms with Crippen LogP contribution in [0.15, 0.2) is 11.6 Å². The van der Waals surface area contributed by atoms with E-state index in [2.05, 4.69) is 37.5 Å². The normalized spacial score (nSPS) is 24.2. The van der Waals surface area contributed by atoms with E-state index in [-0.39, 0.29) is 12.1 Å². The van der Waals surface area contributed by atoms with E-state index < -0.39 is 5.60 Å². The van der Waals surface area contributed by atoms with Crippen LogP contribution in [-0.4, -0.2) is 30.8 Å². The third kappa shape index (κ3) is 8.10. The molecule has 4 nitrogen and oxygen atoms in total. The molecule has 0 saturated carbocycles. The maximum absolute atomic E-state index is 11.6. The molecule has 0 aliphatic heterocycles. The lowest BCUT2D eigenvalue weighted by Crippen LogP contribution is -2.42. The van der Waals surface area contributed by atoms with E-state index in [1.807, 2.05) is 20.8 Å². The summed E-state index contributed by atoms with van der Waals surface area (Å²) in [6.45, 7) is 13.8. The van der Waals surface area contributed by atoms with Crippen molar-refractivity contribution in [1.29, 1.82) is 0 Å². The van der Waals surface area contributed by atoms with Gasteiger partial charge in [0.1, 0.15) is 5.60 Å². The highest BCUT2D eigenvalue weighted by Gasteiger charge is 2.19. The van der Waals surface area contributed by atoms with E-state index in [4.69, 9.17) is 4.74 Å². The lowest BCUT2D eigenvalue weighted by Gasteiger charge is -2.27. The molecule has 122 valence electrons. The first-order chi connectivity index (χ1) is 9.65. The molecule has 1 rings (SSSR count). The molecular weight excluding hydrogens is 264 g/mol. The SMILES string of the molecule is CC1=CC(C)CC(CNC(C)CNC(=O)OC(C)(C)C)C1. The molecule has 0 spiro atoms. The number of hydrogen-bond acceptors (Lipinski definition) is 3. The Morgan fingerprint density at radius 1 is 1.48 bits per heavy atom. The van der Waals surface area contributed by atoms with Crippen molar-refractivity contribution >= 4 is 6.09 Å². The minimum atomic E-state index is -0.442. The zero-order valence-electron chi connectivity index (χ0n) is 14.5. The van der Waals surface area contributed by atoms with Crippen molar-refractivity contribution in [2.45, 2.75) is 66.0 Å². The van der Waals surface area contributed by atoms with E-state index in [0.717, 1.165) is 6.54 Å². The molecule has 0 saturated heterocycles. The van der Waals surface area contributed by atoms with Gasteiger partial charge in [-0.3, -0.25) is 0 Å². The molecule has 0 heterocycles. The van der Waals surface area contributed by atoms with Crippen LogP contribution < -0.4 is 10.6 Å². The van der Waals surface area contributed by atoms with Gasteiger partial charge in [0.05, 0.1) is 0 Å². The van der Waals surface area contributed by atoms with Crippen LogP contribution in [0.1, 0.15) is 54.4 Å². The lowest BCUT2D eigenvalue weighted by molar-refractivity contribution is 0.0523. The topological polar surface area (TPSA) is 50.4 Å². The molecule has 0 aromatic rings. The van der Waals surface area contributed by atoms with Crippen LogP contribution in [0.3, 0.4) is 0 Å². The molecule has 0 radical (unpaired) electrons. The molecule has 2 N–H and O–H groups in total. The van der Waals surface area contributed by atoms with Gasteiger partial charge in [-0.25, -0.2) is 4.79 Å². The summed E-state index contributed by atoms with van der Waals surface area (Å²) in [6, 6.07) is 0.249. The summed E-state index contributed by atoms with van der Waals surface area (Å²) in [6.07, 6.45) is 4.46. The standard InChI is InChI=1S/C17H32N2O2/c1-12-7-13(2)9-15(8-12)11-18-14(3)10-19-16(20)21-17(4,5)6/h7,12,14-15,18H,8-11H2,1-6H3,(H,19,20). The largest absolute Gasteiger partial charge is 0.444 e. The monoisotopic (exact) mass is 296 g/mol. The number of allylic oxidation sites excluding steroid dienone is 2. The van der Waals surface area contributed by atoms with Gasteiger partial charge in [0.15, 0.2) is 0 Å². The molecule has 0 bridgehead atoms. The summed E-state index contributed by atoms with van der Waals surface area (Å²) in [5, 5.41) is 6.32. The summed E-state index contributed by atoms with van der Waals surface area (Å²) in [5.41, 5.74) is 1.06. The van der Waals surface area contributed by atoms with E-state index in [1.54, 1.807) is 0 Å². The van der Waals surface area contributed by atoms with Crippen LogP contribution in [0.2, 0.25) is 0 Å². The molecule has 0 aromatic carbocycles. The number of amides is 1. The maximum Gasteiger partial charge on any atom is 0.407 e. The van der Waals surface area contributed by atoms with Crippen LogP contribution >= 0.6 is 0 Å². The van der Waals surface area contributed by atoms with Crippen molar-refractivity contribution in [1.82, 2.24) is 10.6 Å². The molecular formula is C17H32N2O2. The zero-order valence-corrected chi connectivity index (χ0v) is 14.5. The first-order valence-corrected chi connectivity index (χ1v) is 8.03. The molecule has 21 heavy (non-hydrogen) atoms. The van der Waals surface area contributed by atoms with Crippen molar-refractivity contribution in [2.24, 2.45) is 11.8 Å². The fraction of sp³-hybridized carbons (Fsp3) is 0.824. The molecule has 4 heteroatoms. The van der Waals surface area contributed by atoms with Gasteiger partial charge in [-0.2, -0.15) is 0 Å². The van der Waals surface area contributed by atoms with E-state index >= 15 is 0 Å². The van der Waals surface area contributed by atoms with Gasteiger partial charge in [-0.05, 0) is 65.8 Å². The third-order valence-corrected chi connectivity index (χ3v) is 3.59. The highest BCUT2D eigenvalue weighted by molar-refractivity contribution is 5.67. The first kappa shape index (κ1) is 18.0. The Morgan fingerprint density at radius 2 is 2.14 bits per heavy atom. The quantitative estimate of drug-likeness (QED) is 0.764. The van der Waals surface area contributed by atoms with Gasteiger partial charge in [-0.15, -0.1) is 0 Å². The molecule has 3 unspecified atom stereocenters. The Morgan fingerprint density at radius 3 is 2.71 bits per heavy atom. The maximum atomic E-state index is 11.6. The van der Waals surface area contributed by atoms with Gasteiger partial charge < -0.3 is 15.4 Å². The predicted octanol–water partition coefficient (Wildman–Crippen LogP) is 3.48. The summed E-state index contributed by atoms with van der Waals surface area (Å²) in [4.78, 5) is 11.6.